The molecule has 0 fully saturated rings. The lowest BCUT2D eigenvalue weighted by Crippen LogP contribution is -2.26. The van der Waals surface area contributed by atoms with Gasteiger partial charge in [-0.05, 0) is 49.4 Å². The number of rotatable bonds is 4. The lowest BCUT2D eigenvalue weighted by atomic mass is 9.86. The molecule has 19 heavy (non-hydrogen) atoms. The summed E-state index contributed by atoms with van der Waals surface area (Å²) in [6, 6.07) is 7.97. The summed E-state index contributed by atoms with van der Waals surface area (Å²) in [5.74, 6) is -0.778. The molecule has 4 nitrogen and oxygen atoms in total. The molecule has 0 aliphatic heterocycles. The number of carbonyl (C=O) groups is 1. The van der Waals surface area contributed by atoms with Crippen molar-refractivity contribution in [2.24, 2.45) is 11.1 Å². The van der Waals surface area contributed by atoms with Gasteiger partial charge in [0.1, 0.15) is 0 Å². The highest BCUT2D eigenvalue weighted by Gasteiger charge is 2.27. The quantitative estimate of drug-likeness (QED) is 0.807. The number of aromatic amines is 1. The average molecular weight is 283 g/mol. The number of carboxylic acids is 1. The first kappa shape index (κ1) is 15.5. The maximum absolute atomic E-state index is 11.1. The summed E-state index contributed by atoms with van der Waals surface area (Å²) in [5.41, 5.74) is 7.88. The molecule has 5 heteroatoms. The van der Waals surface area contributed by atoms with Gasteiger partial charge < -0.3 is 15.8 Å². The second kappa shape index (κ2) is 5.63. The van der Waals surface area contributed by atoms with Crippen molar-refractivity contribution < 1.29 is 9.90 Å². The van der Waals surface area contributed by atoms with Crippen LogP contribution in [0, 0.1) is 5.41 Å². The summed E-state index contributed by atoms with van der Waals surface area (Å²) in [7, 11) is 0. The Morgan fingerprint density at radius 1 is 1.37 bits per heavy atom. The van der Waals surface area contributed by atoms with Crippen LogP contribution < -0.4 is 5.73 Å². The third kappa shape index (κ3) is 3.28. The Labute approximate surface area is 118 Å². The van der Waals surface area contributed by atoms with E-state index >= 15 is 0 Å². The number of nitrogens with one attached hydrogen (secondary N) is 1. The van der Waals surface area contributed by atoms with Crippen LogP contribution in [0.25, 0.3) is 10.9 Å². The maximum Gasteiger partial charge on any atom is 0.309 e. The SMILES string of the molecule is CC(C)(Cc1ccc2[nH]c(CN)cc2c1)C(=O)O.Cl. The van der Waals surface area contributed by atoms with Crippen LogP contribution in [0.1, 0.15) is 25.1 Å². The van der Waals surface area contributed by atoms with Crippen LogP contribution >= 0.6 is 12.4 Å². The van der Waals surface area contributed by atoms with E-state index in [1.807, 2.05) is 24.3 Å². The van der Waals surface area contributed by atoms with Crippen LogP contribution in [0.4, 0.5) is 0 Å². The Balaban J connectivity index is 0.00000180. The Kier molecular flexibility index (Phi) is 4.61. The molecule has 104 valence electrons. The van der Waals surface area contributed by atoms with Gasteiger partial charge in [-0.3, -0.25) is 4.79 Å². The first-order valence-electron chi connectivity index (χ1n) is 5.96. The molecule has 0 saturated heterocycles. The van der Waals surface area contributed by atoms with Crippen molar-refractivity contribution in [3.8, 4) is 0 Å². The van der Waals surface area contributed by atoms with Gasteiger partial charge in [0.05, 0.1) is 5.41 Å². The molecule has 0 bridgehead atoms. The Bertz CT molecular complexity index is 590. The topological polar surface area (TPSA) is 79.1 Å². The summed E-state index contributed by atoms with van der Waals surface area (Å²) in [4.78, 5) is 14.3. The van der Waals surface area contributed by atoms with Crippen LogP contribution in [0.15, 0.2) is 24.3 Å². The van der Waals surface area contributed by atoms with Crippen molar-refractivity contribution >= 4 is 29.3 Å². The Hall–Kier alpha value is -1.52. The summed E-state index contributed by atoms with van der Waals surface area (Å²) in [6.07, 6.45) is 0.515. The number of H-pyrrole nitrogens is 1. The van der Waals surface area contributed by atoms with E-state index in [0.717, 1.165) is 22.2 Å². The van der Waals surface area contributed by atoms with Gasteiger partial charge in [0, 0.05) is 17.8 Å². The van der Waals surface area contributed by atoms with Crippen molar-refractivity contribution in [1.82, 2.24) is 4.98 Å². The summed E-state index contributed by atoms with van der Waals surface area (Å²) in [6.45, 7) is 3.95. The zero-order valence-corrected chi connectivity index (χ0v) is 11.9. The number of halogens is 1. The van der Waals surface area contributed by atoms with E-state index in [1.54, 1.807) is 13.8 Å². The van der Waals surface area contributed by atoms with Gasteiger partial charge in [0.25, 0.3) is 0 Å². The minimum Gasteiger partial charge on any atom is -0.481 e. The molecule has 1 heterocycles. The molecule has 0 amide bonds. The van der Waals surface area contributed by atoms with E-state index in [2.05, 4.69) is 4.98 Å². The molecule has 0 aliphatic rings. The van der Waals surface area contributed by atoms with Gasteiger partial charge in [0.2, 0.25) is 0 Å². The number of carboxylic acid groups (broad SMARTS) is 1. The van der Waals surface area contributed by atoms with Crippen molar-refractivity contribution in [1.29, 1.82) is 0 Å². The molecular weight excluding hydrogens is 264 g/mol. The second-order valence-electron chi connectivity index (χ2n) is 5.29. The number of benzene rings is 1. The first-order valence-corrected chi connectivity index (χ1v) is 5.96. The highest BCUT2D eigenvalue weighted by atomic mass is 35.5. The molecule has 0 atom stereocenters. The average Bonchev–Trinajstić information content (AvgIpc) is 2.70. The highest BCUT2D eigenvalue weighted by Crippen LogP contribution is 2.25. The Morgan fingerprint density at radius 3 is 2.63 bits per heavy atom. The molecule has 0 spiro atoms. The third-order valence-corrected chi connectivity index (χ3v) is 3.19. The largest absolute Gasteiger partial charge is 0.481 e. The molecule has 0 saturated carbocycles. The summed E-state index contributed by atoms with van der Waals surface area (Å²) >= 11 is 0. The van der Waals surface area contributed by atoms with E-state index in [-0.39, 0.29) is 12.4 Å². The summed E-state index contributed by atoms with van der Waals surface area (Å²) < 4.78 is 0. The second-order valence-corrected chi connectivity index (χ2v) is 5.29. The van der Waals surface area contributed by atoms with E-state index in [0.29, 0.717) is 13.0 Å². The fourth-order valence-corrected chi connectivity index (χ4v) is 2.05. The zero-order chi connectivity index (χ0) is 13.3. The lowest BCUT2D eigenvalue weighted by molar-refractivity contribution is -0.146. The zero-order valence-electron chi connectivity index (χ0n) is 11.1. The number of aliphatic carboxylic acids is 1. The van der Waals surface area contributed by atoms with Gasteiger partial charge in [0.15, 0.2) is 0 Å². The van der Waals surface area contributed by atoms with Crippen LogP contribution in [-0.2, 0) is 17.8 Å². The lowest BCUT2D eigenvalue weighted by Gasteiger charge is -2.18. The molecule has 2 aromatic rings. The minimum absolute atomic E-state index is 0. The van der Waals surface area contributed by atoms with Crippen molar-refractivity contribution in [3.05, 3.63) is 35.5 Å². The molecule has 0 radical (unpaired) electrons. The van der Waals surface area contributed by atoms with E-state index in [4.69, 9.17) is 10.8 Å². The van der Waals surface area contributed by atoms with Crippen molar-refractivity contribution in [3.63, 3.8) is 0 Å². The van der Waals surface area contributed by atoms with Gasteiger partial charge in [-0.15, -0.1) is 12.4 Å². The molecule has 0 unspecified atom stereocenters. The first-order chi connectivity index (χ1) is 8.42. The van der Waals surface area contributed by atoms with Crippen LogP contribution in [0.5, 0.6) is 0 Å². The number of aromatic nitrogens is 1. The fourth-order valence-electron chi connectivity index (χ4n) is 2.05. The number of hydrogen-bond donors (Lipinski definition) is 3. The van der Waals surface area contributed by atoms with Crippen LogP contribution in [0.2, 0.25) is 0 Å². The molecule has 1 aromatic carbocycles. The number of nitrogens with two attached hydrogens (primary N) is 1. The van der Waals surface area contributed by atoms with E-state index < -0.39 is 11.4 Å². The van der Waals surface area contributed by atoms with Crippen LogP contribution in [-0.4, -0.2) is 16.1 Å². The van der Waals surface area contributed by atoms with Gasteiger partial charge in [-0.25, -0.2) is 0 Å². The monoisotopic (exact) mass is 282 g/mol. The van der Waals surface area contributed by atoms with E-state index in [1.165, 1.54) is 0 Å². The smallest absolute Gasteiger partial charge is 0.309 e. The number of fused-ring (bicyclic) bond motifs is 1. The van der Waals surface area contributed by atoms with Crippen molar-refractivity contribution in [2.75, 3.05) is 0 Å². The normalized spacial score (nSPS) is 11.3. The van der Waals surface area contributed by atoms with Gasteiger partial charge in [-0.2, -0.15) is 0 Å². The van der Waals surface area contributed by atoms with Gasteiger partial charge in [-0.1, -0.05) is 6.07 Å². The molecule has 0 aliphatic carbocycles. The summed E-state index contributed by atoms with van der Waals surface area (Å²) in [5, 5.41) is 10.2. The molecule has 4 N–H and O–H groups in total. The minimum atomic E-state index is -0.778. The Morgan fingerprint density at radius 2 is 2.05 bits per heavy atom. The van der Waals surface area contributed by atoms with Gasteiger partial charge >= 0.3 is 5.97 Å². The standard InChI is InChI=1S/C14H18N2O2.ClH/c1-14(2,13(17)18)7-9-3-4-12-10(5-9)6-11(8-15)16-12;/h3-6,16H,7-8,15H2,1-2H3,(H,17,18);1H. The van der Waals surface area contributed by atoms with Crippen molar-refractivity contribution in [2.45, 2.75) is 26.8 Å². The predicted molar refractivity (Wildman–Crippen MR) is 78.6 cm³/mol. The molecule has 2 rings (SSSR count). The highest BCUT2D eigenvalue weighted by molar-refractivity contribution is 5.85. The van der Waals surface area contributed by atoms with E-state index in [9.17, 15) is 4.79 Å². The number of hydrogen-bond acceptors (Lipinski definition) is 2. The van der Waals surface area contributed by atoms with Crippen LogP contribution in [0.3, 0.4) is 0 Å². The third-order valence-electron chi connectivity index (χ3n) is 3.19. The fraction of sp³-hybridized carbons (Fsp3) is 0.357. The molecule has 1 aromatic heterocycles. The maximum atomic E-state index is 11.1. The molecular formula is C14H19ClN2O2. The predicted octanol–water partition coefficient (Wildman–Crippen LogP) is 2.70.